The molecular formula is C20H24N6O2. The number of aryl methyl sites for hydroxylation is 1. The molecule has 2 atom stereocenters. The number of aromatic nitrogens is 4. The average Bonchev–Trinajstić information content (AvgIpc) is 2.95. The van der Waals surface area contributed by atoms with E-state index in [9.17, 15) is 9.59 Å². The second-order valence-corrected chi connectivity index (χ2v) is 8.09. The normalized spacial score (nSPS) is 24.0. The zero-order valence-corrected chi connectivity index (χ0v) is 15.8. The van der Waals surface area contributed by atoms with Gasteiger partial charge >= 0.3 is 0 Å². The Morgan fingerprint density at radius 2 is 1.93 bits per heavy atom. The van der Waals surface area contributed by atoms with E-state index in [1.807, 2.05) is 9.80 Å². The van der Waals surface area contributed by atoms with Crippen molar-refractivity contribution in [3.05, 3.63) is 41.2 Å². The van der Waals surface area contributed by atoms with Crippen molar-refractivity contribution in [3.63, 3.8) is 0 Å². The van der Waals surface area contributed by atoms with E-state index in [0.29, 0.717) is 31.0 Å². The standard InChI is InChI=1S/C20H24N6O2/c27-19(17-9-21-7-8-22-17)25-10-13-5-6-14(12-25)26(11-13)20(28)18-15-3-1-2-4-16(15)23-24-18/h7-9,13-14H,1-6,10-12H2,(H,23,24). The first-order valence-corrected chi connectivity index (χ1v) is 10.1. The molecule has 4 aliphatic rings. The minimum Gasteiger partial charge on any atom is -0.335 e. The smallest absolute Gasteiger partial charge is 0.274 e. The third-order valence-corrected chi connectivity index (χ3v) is 6.30. The summed E-state index contributed by atoms with van der Waals surface area (Å²) in [5, 5.41) is 7.45. The molecule has 0 spiro atoms. The molecule has 146 valence electrons. The van der Waals surface area contributed by atoms with E-state index in [2.05, 4.69) is 20.2 Å². The lowest BCUT2D eigenvalue weighted by molar-refractivity contribution is 0.0567. The highest BCUT2D eigenvalue weighted by molar-refractivity contribution is 5.95. The van der Waals surface area contributed by atoms with Crippen molar-refractivity contribution < 1.29 is 9.59 Å². The van der Waals surface area contributed by atoms with Gasteiger partial charge in [-0.1, -0.05) is 0 Å². The van der Waals surface area contributed by atoms with Gasteiger partial charge in [-0.2, -0.15) is 5.10 Å². The van der Waals surface area contributed by atoms with E-state index in [1.165, 1.54) is 12.4 Å². The predicted octanol–water partition coefficient (Wildman–Crippen LogP) is 1.46. The zero-order valence-electron chi connectivity index (χ0n) is 15.8. The number of hydrogen-bond acceptors (Lipinski definition) is 5. The van der Waals surface area contributed by atoms with Crippen molar-refractivity contribution >= 4 is 11.8 Å². The SMILES string of the molecule is O=C(c1cnccn1)N1CC2CCC(C1)N(C(=O)c1n[nH]c3c1CCCC3)C2. The maximum atomic E-state index is 13.3. The molecule has 2 aromatic rings. The van der Waals surface area contributed by atoms with Crippen LogP contribution >= 0.6 is 0 Å². The molecule has 3 aliphatic heterocycles. The van der Waals surface area contributed by atoms with E-state index >= 15 is 0 Å². The second-order valence-electron chi connectivity index (χ2n) is 8.09. The van der Waals surface area contributed by atoms with Gasteiger partial charge < -0.3 is 9.80 Å². The first-order chi connectivity index (χ1) is 13.7. The molecule has 1 aliphatic carbocycles. The maximum Gasteiger partial charge on any atom is 0.274 e. The summed E-state index contributed by atoms with van der Waals surface area (Å²) in [5.41, 5.74) is 3.18. The molecule has 0 radical (unpaired) electrons. The van der Waals surface area contributed by atoms with Gasteiger partial charge in [-0.15, -0.1) is 0 Å². The van der Waals surface area contributed by atoms with Gasteiger partial charge in [0.15, 0.2) is 5.69 Å². The van der Waals surface area contributed by atoms with Gasteiger partial charge in [-0.05, 0) is 44.4 Å². The molecular weight excluding hydrogens is 356 g/mol. The zero-order chi connectivity index (χ0) is 19.1. The van der Waals surface area contributed by atoms with Crippen LogP contribution in [0.5, 0.6) is 0 Å². The summed E-state index contributed by atoms with van der Waals surface area (Å²) in [6, 6.07) is 0.0304. The van der Waals surface area contributed by atoms with Crippen molar-refractivity contribution in [1.29, 1.82) is 0 Å². The first kappa shape index (κ1) is 17.3. The van der Waals surface area contributed by atoms with Crippen LogP contribution < -0.4 is 0 Å². The Morgan fingerprint density at radius 1 is 1.04 bits per heavy atom. The van der Waals surface area contributed by atoms with Crippen LogP contribution in [-0.2, 0) is 12.8 Å². The number of amides is 2. The van der Waals surface area contributed by atoms with Crippen LogP contribution in [0.3, 0.4) is 0 Å². The Morgan fingerprint density at radius 3 is 2.79 bits per heavy atom. The molecule has 2 aromatic heterocycles. The molecule has 5 heterocycles. The fourth-order valence-corrected chi connectivity index (χ4v) is 4.86. The van der Waals surface area contributed by atoms with E-state index in [4.69, 9.17) is 0 Å². The largest absolute Gasteiger partial charge is 0.335 e. The number of aromatic amines is 1. The summed E-state index contributed by atoms with van der Waals surface area (Å²) < 4.78 is 0. The third-order valence-electron chi connectivity index (χ3n) is 6.30. The topological polar surface area (TPSA) is 95.1 Å². The highest BCUT2D eigenvalue weighted by Gasteiger charge is 2.40. The highest BCUT2D eigenvalue weighted by Crippen LogP contribution is 2.31. The van der Waals surface area contributed by atoms with E-state index in [0.717, 1.165) is 49.8 Å². The molecule has 2 unspecified atom stereocenters. The Kier molecular flexibility index (Phi) is 4.33. The molecule has 0 saturated carbocycles. The number of nitrogens with zero attached hydrogens (tertiary/aromatic N) is 5. The van der Waals surface area contributed by atoms with Crippen molar-refractivity contribution in [3.8, 4) is 0 Å². The minimum atomic E-state index is -0.101. The summed E-state index contributed by atoms with van der Waals surface area (Å²) in [7, 11) is 0. The Hall–Kier alpha value is -2.77. The highest BCUT2D eigenvalue weighted by atomic mass is 16.2. The van der Waals surface area contributed by atoms with Gasteiger partial charge in [-0.25, -0.2) is 4.98 Å². The summed E-state index contributed by atoms with van der Waals surface area (Å²) in [4.78, 5) is 38.2. The maximum absolute atomic E-state index is 13.3. The number of carbonyl (C=O) groups excluding carboxylic acids is 2. The Balaban J connectivity index is 1.38. The van der Waals surface area contributed by atoms with Gasteiger partial charge in [0.05, 0.1) is 6.20 Å². The van der Waals surface area contributed by atoms with Crippen LogP contribution in [0.1, 0.15) is 57.9 Å². The monoisotopic (exact) mass is 380 g/mol. The van der Waals surface area contributed by atoms with Crippen molar-refractivity contribution in [2.24, 2.45) is 5.92 Å². The molecule has 0 aromatic carbocycles. The molecule has 8 nitrogen and oxygen atoms in total. The van der Waals surface area contributed by atoms with E-state index in [-0.39, 0.29) is 23.8 Å². The number of carbonyl (C=O) groups is 2. The lowest BCUT2D eigenvalue weighted by Crippen LogP contribution is -2.48. The third kappa shape index (κ3) is 2.96. The lowest BCUT2D eigenvalue weighted by Gasteiger charge is -2.35. The summed E-state index contributed by atoms with van der Waals surface area (Å²) in [5.74, 6) is 0.206. The molecule has 3 saturated heterocycles. The predicted molar refractivity (Wildman–Crippen MR) is 101 cm³/mol. The van der Waals surface area contributed by atoms with Crippen LogP contribution in [0, 0.1) is 5.92 Å². The Labute approximate surface area is 163 Å². The molecule has 1 N–H and O–H groups in total. The molecule has 8 heteroatoms. The van der Waals surface area contributed by atoms with Gasteiger partial charge in [0.2, 0.25) is 0 Å². The molecule has 28 heavy (non-hydrogen) atoms. The van der Waals surface area contributed by atoms with Gasteiger partial charge in [-0.3, -0.25) is 19.7 Å². The van der Waals surface area contributed by atoms with Gasteiger partial charge in [0, 0.05) is 49.3 Å². The van der Waals surface area contributed by atoms with Crippen LogP contribution in [0.4, 0.5) is 0 Å². The lowest BCUT2D eigenvalue weighted by atomic mass is 9.92. The number of rotatable bonds is 2. The molecule has 2 amide bonds. The molecule has 3 fully saturated rings. The number of piperidine rings is 1. The minimum absolute atomic E-state index is 0.0166. The fourth-order valence-electron chi connectivity index (χ4n) is 4.86. The number of nitrogens with one attached hydrogen (secondary N) is 1. The second kappa shape index (κ2) is 7.00. The quantitative estimate of drug-likeness (QED) is 0.851. The average molecular weight is 380 g/mol. The molecule has 6 rings (SSSR count). The summed E-state index contributed by atoms with van der Waals surface area (Å²) >= 11 is 0. The first-order valence-electron chi connectivity index (χ1n) is 10.1. The van der Waals surface area contributed by atoms with Crippen LogP contribution in [0.15, 0.2) is 18.6 Å². The van der Waals surface area contributed by atoms with Crippen molar-refractivity contribution in [2.45, 2.75) is 44.6 Å². The van der Waals surface area contributed by atoms with Gasteiger partial charge in [0.25, 0.3) is 11.8 Å². The van der Waals surface area contributed by atoms with E-state index < -0.39 is 0 Å². The number of hydrogen-bond donors (Lipinski definition) is 1. The van der Waals surface area contributed by atoms with E-state index in [1.54, 1.807) is 6.20 Å². The van der Waals surface area contributed by atoms with Crippen LogP contribution in [0.25, 0.3) is 0 Å². The van der Waals surface area contributed by atoms with Gasteiger partial charge in [0.1, 0.15) is 5.69 Å². The number of H-pyrrole nitrogens is 1. The van der Waals surface area contributed by atoms with Crippen LogP contribution in [0.2, 0.25) is 0 Å². The summed E-state index contributed by atoms with van der Waals surface area (Å²) in [6.45, 7) is 1.90. The summed E-state index contributed by atoms with van der Waals surface area (Å²) in [6.07, 6.45) is 10.7. The van der Waals surface area contributed by atoms with Crippen molar-refractivity contribution in [1.82, 2.24) is 30.0 Å². The molecule has 2 bridgehead atoms. The fraction of sp³-hybridized carbons (Fsp3) is 0.550. The Bertz CT molecular complexity index is 895. The van der Waals surface area contributed by atoms with Crippen LogP contribution in [-0.4, -0.2) is 67.5 Å². The van der Waals surface area contributed by atoms with Crippen molar-refractivity contribution in [2.75, 3.05) is 19.6 Å². The number of fused-ring (bicyclic) bond motifs is 5.